The molecule has 0 unspecified atom stereocenters. The van der Waals surface area contributed by atoms with Gasteiger partial charge < -0.3 is 10.1 Å². The molecule has 1 aromatic carbocycles. The number of ether oxygens (including phenoxy) is 1. The molecule has 0 saturated carbocycles. The van der Waals surface area contributed by atoms with Crippen LogP contribution in [0, 0.1) is 13.8 Å². The Morgan fingerprint density at radius 3 is 2.75 bits per heavy atom. The number of hydrogen-bond acceptors (Lipinski definition) is 3. The third kappa shape index (κ3) is 5.27. The summed E-state index contributed by atoms with van der Waals surface area (Å²) >= 11 is 5.19. The fourth-order valence-electron chi connectivity index (χ4n) is 1.87. The molecule has 0 spiro atoms. The second kappa shape index (κ2) is 7.97. The van der Waals surface area contributed by atoms with E-state index in [0.29, 0.717) is 11.7 Å². The molecule has 0 aliphatic rings. The van der Waals surface area contributed by atoms with Crippen molar-refractivity contribution in [2.45, 2.75) is 33.7 Å². The number of nitrogens with one attached hydrogen (secondary N) is 2. The highest BCUT2D eigenvalue weighted by Gasteiger charge is 2.05. The van der Waals surface area contributed by atoms with Gasteiger partial charge in [-0.2, -0.15) is 5.10 Å². The fourth-order valence-corrected chi connectivity index (χ4v) is 2.12. The first-order valence-corrected chi connectivity index (χ1v) is 7.02. The van der Waals surface area contributed by atoms with E-state index in [1.807, 2.05) is 13.8 Å². The van der Waals surface area contributed by atoms with Gasteiger partial charge in [0.05, 0.1) is 12.3 Å². The molecule has 4 nitrogen and oxygen atoms in total. The van der Waals surface area contributed by atoms with Crippen LogP contribution in [0.1, 0.15) is 30.5 Å². The first-order chi connectivity index (χ1) is 9.43. The molecule has 0 amide bonds. The van der Waals surface area contributed by atoms with Gasteiger partial charge in [0.1, 0.15) is 0 Å². The fraction of sp³-hybridized carbons (Fsp3) is 0.467. The molecule has 110 valence electrons. The summed E-state index contributed by atoms with van der Waals surface area (Å²) in [5, 5.41) is 7.93. The van der Waals surface area contributed by atoms with Crippen LogP contribution in [-0.2, 0) is 4.74 Å². The average molecular weight is 293 g/mol. The predicted molar refractivity (Wildman–Crippen MR) is 88.3 cm³/mol. The van der Waals surface area contributed by atoms with E-state index < -0.39 is 0 Å². The molecule has 0 aromatic heterocycles. The maximum absolute atomic E-state index is 5.19. The molecule has 0 aliphatic carbocycles. The second-order valence-electron chi connectivity index (χ2n) is 4.96. The molecule has 0 aliphatic heterocycles. The van der Waals surface area contributed by atoms with Crippen molar-refractivity contribution >= 4 is 23.0 Å². The summed E-state index contributed by atoms with van der Waals surface area (Å²) in [7, 11) is 1.66. The number of benzene rings is 1. The van der Waals surface area contributed by atoms with Crippen molar-refractivity contribution in [3.8, 4) is 0 Å². The van der Waals surface area contributed by atoms with Crippen LogP contribution in [0.15, 0.2) is 23.3 Å². The predicted octanol–water partition coefficient (Wildman–Crippen LogP) is 2.53. The lowest BCUT2D eigenvalue weighted by molar-refractivity contribution is 0.179. The van der Waals surface area contributed by atoms with Gasteiger partial charge in [-0.15, -0.1) is 0 Å². The second-order valence-corrected chi connectivity index (χ2v) is 5.37. The van der Waals surface area contributed by atoms with Gasteiger partial charge in [-0.1, -0.05) is 17.7 Å². The number of hydrogen-bond donors (Lipinski definition) is 2. The normalized spacial score (nSPS) is 12.9. The van der Waals surface area contributed by atoms with Crippen molar-refractivity contribution < 1.29 is 4.74 Å². The number of nitrogens with zero attached hydrogens (tertiary/aromatic N) is 1. The highest BCUT2D eigenvalue weighted by molar-refractivity contribution is 7.80. The molecular formula is C15H23N3OS. The van der Waals surface area contributed by atoms with Crippen LogP contribution in [0.2, 0.25) is 0 Å². The minimum absolute atomic E-state index is 0.149. The molecule has 20 heavy (non-hydrogen) atoms. The van der Waals surface area contributed by atoms with E-state index in [1.165, 1.54) is 11.1 Å². The number of methoxy groups -OCH3 is 1. The van der Waals surface area contributed by atoms with Crippen molar-refractivity contribution in [3.05, 3.63) is 34.9 Å². The summed E-state index contributed by atoms with van der Waals surface area (Å²) in [6.07, 6.45) is 0. The summed E-state index contributed by atoms with van der Waals surface area (Å²) in [6, 6.07) is 6.47. The minimum Gasteiger partial charge on any atom is -0.383 e. The van der Waals surface area contributed by atoms with Crippen LogP contribution in [0.25, 0.3) is 0 Å². The number of aryl methyl sites for hydroxylation is 2. The Kier molecular flexibility index (Phi) is 6.61. The zero-order chi connectivity index (χ0) is 15.1. The van der Waals surface area contributed by atoms with Gasteiger partial charge in [-0.05, 0) is 51.5 Å². The maximum Gasteiger partial charge on any atom is 0.187 e. The lowest BCUT2D eigenvalue weighted by atomic mass is 10.0. The summed E-state index contributed by atoms with van der Waals surface area (Å²) in [5.41, 5.74) is 7.33. The van der Waals surface area contributed by atoms with Gasteiger partial charge in [0.25, 0.3) is 0 Å². The van der Waals surface area contributed by atoms with Crippen LogP contribution in [-0.4, -0.2) is 30.6 Å². The van der Waals surface area contributed by atoms with Crippen LogP contribution in [0.4, 0.5) is 0 Å². The van der Waals surface area contributed by atoms with E-state index in [2.05, 4.69) is 47.9 Å². The molecule has 0 heterocycles. The molecule has 2 N–H and O–H groups in total. The van der Waals surface area contributed by atoms with E-state index in [1.54, 1.807) is 7.11 Å². The van der Waals surface area contributed by atoms with Gasteiger partial charge in [0.2, 0.25) is 0 Å². The lowest BCUT2D eigenvalue weighted by Crippen LogP contribution is -2.40. The third-order valence-corrected chi connectivity index (χ3v) is 3.11. The highest BCUT2D eigenvalue weighted by atomic mass is 32.1. The molecule has 1 aromatic rings. The molecule has 1 rings (SSSR count). The van der Waals surface area contributed by atoms with Crippen LogP contribution < -0.4 is 10.7 Å². The maximum atomic E-state index is 5.19. The van der Waals surface area contributed by atoms with Crippen molar-refractivity contribution in [2.24, 2.45) is 5.10 Å². The van der Waals surface area contributed by atoms with Crippen molar-refractivity contribution in [2.75, 3.05) is 13.7 Å². The Balaban J connectivity index is 2.65. The minimum atomic E-state index is 0.149. The van der Waals surface area contributed by atoms with E-state index in [-0.39, 0.29) is 6.04 Å². The van der Waals surface area contributed by atoms with Gasteiger partial charge >= 0.3 is 0 Å². The van der Waals surface area contributed by atoms with Crippen LogP contribution in [0.5, 0.6) is 0 Å². The molecule has 0 fully saturated rings. The SMILES string of the molecule is COC[C@@H](C)NC(=S)N/N=C(/C)c1cc(C)ccc1C. The van der Waals surface area contributed by atoms with Crippen LogP contribution >= 0.6 is 12.2 Å². The molecular weight excluding hydrogens is 270 g/mol. The van der Waals surface area contributed by atoms with E-state index in [4.69, 9.17) is 17.0 Å². The quantitative estimate of drug-likeness (QED) is 0.497. The third-order valence-electron chi connectivity index (χ3n) is 2.90. The monoisotopic (exact) mass is 293 g/mol. The highest BCUT2D eigenvalue weighted by Crippen LogP contribution is 2.11. The Bertz CT molecular complexity index is 500. The van der Waals surface area contributed by atoms with Gasteiger partial charge in [-0.25, -0.2) is 0 Å². The largest absolute Gasteiger partial charge is 0.383 e. The lowest BCUT2D eigenvalue weighted by Gasteiger charge is -2.14. The van der Waals surface area contributed by atoms with Gasteiger partial charge in [0.15, 0.2) is 5.11 Å². The topological polar surface area (TPSA) is 45.6 Å². The average Bonchev–Trinajstić information content (AvgIpc) is 2.39. The first-order valence-electron chi connectivity index (χ1n) is 6.61. The Morgan fingerprint density at radius 1 is 1.40 bits per heavy atom. The number of rotatable bonds is 5. The zero-order valence-electron chi connectivity index (χ0n) is 12.8. The zero-order valence-corrected chi connectivity index (χ0v) is 13.6. The standard InChI is InChI=1S/C15H23N3OS/c1-10-6-7-11(2)14(8-10)13(4)17-18-15(20)16-12(3)9-19-5/h6-8,12H,9H2,1-5H3,(H2,16,18,20)/b17-13-/t12-/m1/s1. The Hall–Kier alpha value is -1.46. The molecule has 0 radical (unpaired) electrons. The smallest absolute Gasteiger partial charge is 0.187 e. The summed E-state index contributed by atoms with van der Waals surface area (Å²) < 4.78 is 5.04. The van der Waals surface area contributed by atoms with E-state index in [9.17, 15) is 0 Å². The van der Waals surface area contributed by atoms with Crippen LogP contribution in [0.3, 0.4) is 0 Å². The Labute approximate surface area is 126 Å². The summed E-state index contributed by atoms with van der Waals surface area (Å²) in [5.74, 6) is 0. The van der Waals surface area contributed by atoms with Crippen molar-refractivity contribution in [1.29, 1.82) is 0 Å². The Morgan fingerprint density at radius 2 is 2.10 bits per heavy atom. The molecule has 5 heteroatoms. The molecule has 0 saturated heterocycles. The van der Waals surface area contributed by atoms with Crippen molar-refractivity contribution in [1.82, 2.24) is 10.7 Å². The van der Waals surface area contributed by atoms with E-state index >= 15 is 0 Å². The number of thiocarbonyl (C=S) groups is 1. The molecule has 0 bridgehead atoms. The van der Waals surface area contributed by atoms with Gasteiger partial charge in [-0.3, -0.25) is 5.43 Å². The summed E-state index contributed by atoms with van der Waals surface area (Å²) in [6.45, 7) is 8.71. The van der Waals surface area contributed by atoms with Gasteiger partial charge in [0, 0.05) is 18.7 Å². The van der Waals surface area contributed by atoms with E-state index in [0.717, 1.165) is 11.3 Å². The summed E-state index contributed by atoms with van der Waals surface area (Å²) in [4.78, 5) is 0. The number of hydrazone groups is 1. The molecule has 1 atom stereocenters. The van der Waals surface area contributed by atoms with Crippen molar-refractivity contribution in [3.63, 3.8) is 0 Å². The first kappa shape index (κ1) is 16.6.